The fraction of sp³-hybridized carbons (Fsp3) is 0.238. The van der Waals surface area contributed by atoms with E-state index in [9.17, 15) is 4.79 Å². The minimum absolute atomic E-state index is 0.0679. The van der Waals surface area contributed by atoms with Crippen LogP contribution >= 0.6 is 0 Å². The molecular formula is C21H23N3O3. The minimum Gasteiger partial charge on any atom is -0.489 e. The highest BCUT2D eigenvalue weighted by molar-refractivity contribution is 5.91. The van der Waals surface area contributed by atoms with Crippen LogP contribution in [0, 0.1) is 0 Å². The van der Waals surface area contributed by atoms with Crippen LogP contribution in [0.2, 0.25) is 0 Å². The number of aromatic nitrogens is 2. The summed E-state index contributed by atoms with van der Waals surface area (Å²) in [4.78, 5) is 12.1. The van der Waals surface area contributed by atoms with Gasteiger partial charge in [0.1, 0.15) is 23.9 Å². The molecule has 0 bridgehead atoms. The molecule has 6 heteroatoms. The monoisotopic (exact) mass is 365 g/mol. The van der Waals surface area contributed by atoms with E-state index in [1.807, 2.05) is 42.5 Å². The van der Waals surface area contributed by atoms with Crippen LogP contribution in [-0.2, 0) is 17.9 Å². The summed E-state index contributed by atoms with van der Waals surface area (Å²) in [5.41, 5.74) is 1.11. The molecular weight excluding hydrogens is 342 g/mol. The summed E-state index contributed by atoms with van der Waals surface area (Å²) in [7, 11) is 0. The number of aryl methyl sites for hydroxylation is 1. The van der Waals surface area contributed by atoms with Crippen molar-refractivity contribution >= 4 is 11.7 Å². The lowest BCUT2D eigenvalue weighted by Gasteiger charge is -2.10. The molecule has 3 rings (SSSR count). The van der Waals surface area contributed by atoms with E-state index in [1.165, 1.54) is 0 Å². The summed E-state index contributed by atoms with van der Waals surface area (Å²) >= 11 is 0. The van der Waals surface area contributed by atoms with Crippen LogP contribution in [0.3, 0.4) is 0 Å². The smallest absolute Gasteiger partial charge is 0.263 e. The third-order valence-electron chi connectivity index (χ3n) is 3.86. The van der Waals surface area contributed by atoms with Gasteiger partial charge in [0.2, 0.25) is 0 Å². The molecule has 0 atom stereocenters. The second kappa shape index (κ2) is 9.43. The Hall–Kier alpha value is -3.28. The fourth-order valence-electron chi connectivity index (χ4n) is 2.53. The molecule has 140 valence electrons. The maximum atomic E-state index is 12.1. The first-order chi connectivity index (χ1) is 13.2. The molecule has 0 unspecified atom stereocenters. The number of hydrogen-bond donors (Lipinski definition) is 1. The number of carbonyl (C=O) groups is 1. The van der Waals surface area contributed by atoms with Gasteiger partial charge in [-0.25, -0.2) is 4.68 Å². The third kappa shape index (κ3) is 5.60. The Morgan fingerprint density at radius 1 is 1.00 bits per heavy atom. The molecule has 0 fully saturated rings. The van der Waals surface area contributed by atoms with Crippen LogP contribution < -0.4 is 14.8 Å². The standard InChI is InChI=1S/C21H23N3O3/c1-2-14-24-20(12-13-22-24)23-21(25)16-27-19-10-8-18(9-11-19)26-15-17-6-4-3-5-7-17/h3-13H,2,14-16H2,1H3,(H,23,25). The quantitative estimate of drug-likeness (QED) is 0.625. The molecule has 0 radical (unpaired) electrons. The Balaban J connectivity index is 1.45. The van der Waals surface area contributed by atoms with Gasteiger partial charge in [-0.2, -0.15) is 5.10 Å². The molecule has 0 aliphatic carbocycles. The van der Waals surface area contributed by atoms with Crippen molar-refractivity contribution in [3.63, 3.8) is 0 Å². The van der Waals surface area contributed by atoms with E-state index in [1.54, 1.807) is 29.1 Å². The van der Waals surface area contributed by atoms with Crippen molar-refractivity contribution in [3.05, 3.63) is 72.4 Å². The lowest BCUT2D eigenvalue weighted by molar-refractivity contribution is -0.118. The van der Waals surface area contributed by atoms with Crippen molar-refractivity contribution in [1.82, 2.24) is 9.78 Å². The van der Waals surface area contributed by atoms with Crippen LogP contribution in [0.5, 0.6) is 11.5 Å². The van der Waals surface area contributed by atoms with E-state index >= 15 is 0 Å². The summed E-state index contributed by atoms with van der Waals surface area (Å²) in [6.45, 7) is 3.26. The number of rotatable bonds is 9. The Kier molecular flexibility index (Phi) is 6.46. The first-order valence-electron chi connectivity index (χ1n) is 8.96. The number of benzene rings is 2. The number of amides is 1. The van der Waals surface area contributed by atoms with Gasteiger partial charge >= 0.3 is 0 Å². The van der Waals surface area contributed by atoms with Gasteiger partial charge in [0.25, 0.3) is 5.91 Å². The van der Waals surface area contributed by atoms with Gasteiger partial charge in [-0.1, -0.05) is 37.3 Å². The molecule has 1 amide bonds. The average Bonchev–Trinajstić information content (AvgIpc) is 3.13. The lowest BCUT2D eigenvalue weighted by atomic mass is 10.2. The largest absolute Gasteiger partial charge is 0.489 e. The minimum atomic E-state index is -0.225. The van der Waals surface area contributed by atoms with Gasteiger partial charge < -0.3 is 14.8 Å². The van der Waals surface area contributed by atoms with E-state index in [2.05, 4.69) is 17.3 Å². The Bertz CT molecular complexity index is 845. The number of nitrogens with zero attached hydrogens (tertiary/aromatic N) is 2. The van der Waals surface area contributed by atoms with Gasteiger partial charge in [-0.15, -0.1) is 0 Å². The second-order valence-electron chi connectivity index (χ2n) is 6.02. The van der Waals surface area contributed by atoms with Crippen LogP contribution in [-0.4, -0.2) is 22.3 Å². The summed E-state index contributed by atoms with van der Waals surface area (Å²) < 4.78 is 13.0. The number of hydrogen-bond acceptors (Lipinski definition) is 4. The fourth-order valence-corrected chi connectivity index (χ4v) is 2.53. The van der Waals surface area contributed by atoms with Crippen LogP contribution in [0.15, 0.2) is 66.9 Å². The first kappa shape index (κ1) is 18.5. The molecule has 0 saturated heterocycles. The number of nitrogens with one attached hydrogen (secondary N) is 1. The highest BCUT2D eigenvalue weighted by Crippen LogP contribution is 2.19. The van der Waals surface area contributed by atoms with Gasteiger partial charge in [-0.3, -0.25) is 4.79 Å². The maximum Gasteiger partial charge on any atom is 0.263 e. The van der Waals surface area contributed by atoms with E-state index in [4.69, 9.17) is 9.47 Å². The summed E-state index contributed by atoms with van der Waals surface area (Å²) in [6, 6.07) is 19.0. The zero-order chi connectivity index (χ0) is 18.9. The van der Waals surface area contributed by atoms with Crippen molar-refractivity contribution < 1.29 is 14.3 Å². The molecule has 27 heavy (non-hydrogen) atoms. The molecule has 0 aliphatic rings. The maximum absolute atomic E-state index is 12.1. The lowest BCUT2D eigenvalue weighted by Crippen LogP contribution is -2.22. The van der Waals surface area contributed by atoms with Gasteiger partial charge in [-0.05, 0) is 36.2 Å². The SMILES string of the molecule is CCCn1nccc1NC(=O)COc1ccc(OCc2ccccc2)cc1. The first-order valence-corrected chi connectivity index (χ1v) is 8.96. The van der Waals surface area contributed by atoms with Gasteiger partial charge in [0.05, 0.1) is 6.20 Å². The number of anilines is 1. The predicted molar refractivity (Wildman–Crippen MR) is 104 cm³/mol. The van der Waals surface area contributed by atoms with Gasteiger partial charge in [0, 0.05) is 12.6 Å². The zero-order valence-corrected chi connectivity index (χ0v) is 15.3. The molecule has 3 aromatic rings. The van der Waals surface area contributed by atoms with Gasteiger partial charge in [0.15, 0.2) is 6.61 Å². The molecule has 0 saturated carbocycles. The Labute approximate surface area is 158 Å². The van der Waals surface area contributed by atoms with E-state index in [0.717, 1.165) is 24.3 Å². The topological polar surface area (TPSA) is 65.4 Å². The summed E-state index contributed by atoms with van der Waals surface area (Å²) in [6.07, 6.45) is 2.61. The van der Waals surface area contributed by atoms with Crippen LogP contribution in [0.4, 0.5) is 5.82 Å². The van der Waals surface area contributed by atoms with Crippen LogP contribution in [0.25, 0.3) is 0 Å². The molecule has 1 heterocycles. The molecule has 2 aromatic carbocycles. The zero-order valence-electron chi connectivity index (χ0n) is 15.3. The predicted octanol–water partition coefficient (Wildman–Crippen LogP) is 3.89. The molecule has 1 aromatic heterocycles. The molecule has 6 nitrogen and oxygen atoms in total. The molecule has 1 N–H and O–H groups in total. The van der Waals surface area contributed by atoms with Crippen molar-refractivity contribution in [1.29, 1.82) is 0 Å². The van der Waals surface area contributed by atoms with E-state index < -0.39 is 0 Å². The van der Waals surface area contributed by atoms with Crippen molar-refractivity contribution in [2.24, 2.45) is 0 Å². The third-order valence-corrected chi connectivity index (χ3v) is 3.86. The normalized spacial score (nSPS) is 10.4. The average molecular weight is 365 g/mol. The Morgan fingerprint density at radius 2 is 1.70 bits per heavy atom. The highest BCUT2D eigenvalue weighted by Gasteiger charge is 2.08. The molecule has 0 spiro atoms. The number of carbonyl (C=O) groups excluding carboxylic acids is 1. The second-order valence-corrected chi connectivity index (χ2v) is 6.02. The summed E-state index contributed by atoms with van der Waals surface area (Å²) in [5, 5.41) is 6.98. The van der Waals surface area contributed by atoms with E-state index in [0.29, 0.717) is 18.2 Å². The molecule has 0 aliphatic heterocycles. The summed E-state index contributed by atoms with van der Waals surface area (Å²) in [5.74, 6) is 1.81. The highest BCUT2D eigenvalue weighted by atomic mass is 16.5. The van der Waals surface area contributed by atoms with Crippen molar-refractivity contribution in [2.45, 2.75) is 26.5 Å². The Morgan fingerprint density at radius 3 is 2.41 bits per heavy atom. The van der Waals surface area contributed by atoms with Crippen LogP contribution in [0.1, 0.15) is 18.9 Å². The van der Waals surface area contributed by atoms with Crippen molar-refractivity contribution in [3.8, 4) is 11.5 Å². The van der Waals surface area contributed by atoms with E-state index in [-0.39, 0.29) is 12.5 Å². The van der Waals surface area contributed by atoms with Crippen molar-refractivity contribution in [2.75, 3.05) is 11.9 Å². The number of ether oxygens (including phenoxy) is 2.